The molecule has 35 heavy (non-hydrogen) atoms. The third-order valence-corrected chi connectivity index (χ3v) is 7.31. The van der Waals surface area contributed by atoms with Gasteiger partial charge in [0, 0.05) is 6.07 Å². The SMILES string of the molecule is CCOc1ccc(C=C2CN(S(=O)(=O)c3ccc(C)cc3)c3cc([N+](=O)[O-])cc([N+](=O)[O-])c32)cc1. The van der Waals surface area contributed by atoms with E-state index in [1.807, 2.05) is 13.8 Å². The zero-order valence-electron chi connectivity index (χ0n) is 18.9. The number of benzene rings is 3. The Kier molecular flexibility index (Phi) is 6.27. The van der Waals surface area contributed by atoms with Crippen molar-refractivity contribution < 1.29 is 23.0 Å². The molecule has 0 atom stereocenters. The maximum absolute atomic E-state index is 13.5. The van der Waals surface area contributed by atoms with Crippen LogP contribution >= 0.6 is 0 Å². The molecule has 0 radical (unpaired) electrons. The van der Waals surface area contributed by atoms with Crippen molar-refractivity contribution in [2.24, 2.45) is 0 Å². The highest BCUT2D eigenvalue weighted by Crippen LogP contribution is 2.47. The highest BCUT2D eigenvalue weighted by molar-refractivity contribution is 7.92. The van der Waals surface area contributed by atoms with Gasteiger partial charge in [-0.3, -0.25) is 24.5 Å². The normalized spacial score (nSPS) is 14.1. The molecule has 0 amide bonds. The predicted octanol–water partition coefficient (Wildman–Crippen LogP) is 4.96. The van der Waals surface area contributed by atoms with Crippen molar-refractivity contribution in [3.63, 3.8) is 0 Å². The van der Waals surface area contributed by atoms with Gasteiger partial charge >= 0.3 is 0 Å². The number of nitrogens with zero attached hydrogens (tertiary/aromatic N) is 3. The molecule has 1 aliphatic rings. The largest absolute Gasteiger partial charge is 0.494 e. The second-order valence-electron chi connectivity index (χ2n) is 7.87. The molecule has 0 spiro atoms. The van der Waals surface area contributed by atoms with Crippen molar-refractivity contribution in [2.45, 2.75) is 18.7 Å². The van der Waals surface area contributed by atoms with E-state index in [1.54, 1.807) is 42.5 Å². The number of fused-ring (bicyclic) bond motifs is 1. The minimum Gasteiger partial charge on any atom is -0.494 e. The van der Waals surface area contributed by atoms with Gasteiger partial charge in [-0.2, -0.15) is 0 Å². The highest BCUT2D eigenvalue weighted by Gasteiger charge is 2.40. The maximum atomic E-state index is 13.5. The van der Waals surface area contributed by atoms with Gasteiger partial charge in [0.2, 0.25) is 0 Å². The molecule has 0 N–H and O–H groups in total. The summed E-state index contributed by atoms with van der Waals surface area (Å²) < 4.78 is 33.5. The van der Waals surface area contributed by atoms with Crippen LogP contribution in [0.1, 0.15) is 23.6 Å². The lowest BCUT2D eigenvalue weighted by Crippen LogP contribution is -2.29. The second-order valence-corrected chi connectivity index (χ2v) is 9.73. The first-order chi connectivity index (χ1) is 16.6. The van der Waals surface area contributed by atoms with E-state index in [4.69, 9.17) is 4.74 Å². The molecule has 0 aliphatic carbocycles. The molecule has 1 aliphatic heterocycles. The molecule has 3 aromatic rings. The molecule has 0 saturated heterocycles. The molecule has 1 heterocycles. The van der Waals surface area contributed by atoms with Crippen LogP contribution in [-0.4, -0.2) is 31.4 Å². The lowest BCUT2D eigenvalue weighted by Gasteiger charge is -2.19. The third-order valence-electron chi connectivity index (χ3n) is 5.53. The molecule has 4 rings (SSSR count). The van der Waals surface area contributed by atoms with Crippen LogP contribution in [0.4, 0.5) is 17.1 Å². The molecule has 0 saturated carbocycles. The number of anilines is 1. The summed E-state index contributed by atoms with van der Waals surface area (Å²) >= 11 is 0. The average Bonchev–Trinajstić information content (AvgIpc) is 3.19. The smallest absolute Gasteiger partial charge is 0.285 e. The summed E-state index contributed by atoms with van der Waals surface area (Å²) in [6, 6.07) is 15.0. The fourth-order valence-corrected chi connectivity index (χ4v) is 5.34. The van der Waals surface area contributed by atoms with E-state index in [0.29, 0.717) is 23.5 Å². The Morgan fingerprint density at radius 1 is 1.00 bits per heavy atom. The second kappa shape index (κ2) is 9.18. The summed E-state index contributed by atoms with van der Waals surface area (Å²) in [5.74, 6) is 0.645. The number of non-ortho nitro benzene ring substituents is 1. The average molecular weight is 496 g/mol. The van der Waals surface area contributed by atoms with Crippen LogP contribution in [0.3, 0.4) is 0 Å². The molecule has 0 unspecified atom stereocenters. The Balaban J connectivity index is 1.91. The van der Waals surface area contributed by atoms with Crippen LogP contribution in [0.2, 0.25) is 0 Å². The van der Waals surface area contributed by atoms with Crippen LogP contribution in [0.5, 0.6) is 5.75 Å². The van der Waals surface area contributed by atoms with Gasteiger partial charge in [-0.25, -0.2) is 8.42 Å². The van der Waals surface area contributed by atoms with E-state index in [1.165, 1.54) is 12.1 Å². The van der Waals surface area contributed by atoms with Crippen molar-refractivity contribution in [1.29, 1.82) is 0 Å². The third kappa shape index (κ3) is 4.58. The summed E-state index contributed by atoms with van der Waals surface area (Å²) in [5, 5.41) is 23.4. The Morgan fingerprint density at radius 2 is 1.66 bits per heavy atom. The number of hydrogen-bond acceptors (Lipinski definition) is 7. The molecule has 0 aromatic heterocycles. The van der Waals surface area contributed by atoms with E-state index >= 15 is 0 Å². The predicted molar refractivity (Wildman–Crippen MR) is 131 cm³/mol. The first-order valence-electron chi connectivity index (χ1n) is 10.6. The van der Waals surface area contributed by atoms with Crippen molar-refractivity contribution in [1.82, 2.24) is 0 Å². The summed E-state index contributed by atoms with van der Waals surface area (Å²) in [6.45, 7) is 3.93. The number of aryl methyl sites for hydroxylation is 1. The van der Waals surface area contributed by atoms with Gasteiger partial charge in [-0.1, -0.05) is 29.8 Å². The fraction of sp³-hybridized carbons (Fsp3) is 0.167. The molecule has 10 nitrogen and oxygen atoms in total. The molecular weight excluding hydrogens is 474 g/mol. The van der Waals surface area contributed by atoms with Crippen molar-refractivity contribution in [3.8, 4) is 5.75 Å². The first-order valence-corrected chi connectivity index (χ1v) is 12.1. The number of sulfonamides is 1. The van der Waals surface area contributed by atoms with Crippen LogP contribution in [0.15, 0.2) is 65.6 Å². The van der Waals surface area contributed by atoms with Gasteiger partial charge in [-0.15, -0.1) is 0 Å². The van der Waals surface area contributed by atoms with Crippen LogP contribution in [0.25, 0.3) is 11.6 Å². The first kappa shape index (κ1) is 23.9. The molecule has 180 valence electrons. The monoisotopic (exact) mass is 495 g/mol. The Hall–Kier alpha value is -4.25. The quantitative estimate of drug-likeness (QED) is 0.334. The van der Waals surface area contributed by atoms with E-state index < -0.39 is 31.2 Å². The standard InChI is InChI=1S/C24H21N3O7S/c1-3-34-20-8-6-17(7-9-20)12-18-15-25(35(32,33)21-10-4-16(2)5-11-21)22-13-19(26(28)29)14-23(24(18)22)27(30)31/h4-14H,3,15H2,1-2H3. The van der Waals surface area contributed by atoms with Crippen molar-refractivity contribution >= 4 is 38.7 Å². The van der Waals surface area contributed by atoms with Crippen LogP contribution < -0.4 is 9.04 Å². The highest BCUT2D eigenvalue weighted by atomic mass is 32.2. The van der Waals surface area contributed by atoms with Gasteiger partial charge in [0.1, 0.15) is 5.75 Å². The fourth-order valence-electron chi connectivity index (χ4n) is 3.89. The van der Waals surface area contributed by atoms with Crippen LogP contribution in [0, 0.1) is 27.2 Å². The Morgan fingerprint density at radius 3 is 2.23 bits per heavy atom. The summed E-state index contributed by atoms with van der Waals surface area (Å²) in [4.78, 5) is 21.8. The van der Waals surface area contributed by atoms with E-state index in [9.17, 15) is 28.6 Å². The van der Waals surface area contributed by atoms with E-state index in [2.05, 4.69) is 0 Å². The molecule has 0 bridgehead atoms. The van der Waals surface area contributed by atoms with Gasteiger partial charge in [0.15, 0.2) is 0 Å². The molecule has 0 fully saturated rings. The molecule has 11 heteroatoms. The minimum atomic E-state index is -4.17. The van der Waals surface area contributed by atoms with E-state index in [-0.39, 0.29) is 22.7 Å². The summed E-state index contributed by atoms with van der Waals surface area (Å²) in [7, 11) is -4.17. The van der Waals surface area contributed by atoms with Gasteiger partial charge < -0.3 is 4.74 Å². The number of rotatable bonds is 7. The van der Waals surface area contributed by atoms with E-state index in [0.717, 1.165) is 22.0 Å². The van der Waals surface area contributed by atoms with Crippen molar-refractivity contribution in [2.75, 3.05) is 17.5 Å². The molecular formula is C24H21N3O7S. The lowest BCUT2D eigenvalue weighted by atomic mass is 10.0. The Labute approximate surface area is 201 Å². The number of ether oxygens (including phenoxy) is 1. The van der Waals surface area contributed by atoms with Gasteiger partial charge in [0.05, 0.1) is 45.2 Å². The van der Waals surface area contributed by atoms with Gasteiger partial charge in [0.25, 0.3) is 21.4 Å². The Bertz CT molecular complexity index is 1450. The lowest BCUT2D eigenvalue weighted by molar-refractivity contribution is -0.394. The summed E-state index contributed by atoms with van der Waals surface area (Å²) in [5.41, 5.74) is 0.690. The molecule has 3 aromatic carbocycles. The topological polar surface area (TPSA) is 133 Å². The summed E-state index contributed by atoms with van der Waals surface area (Å²) in [6.07, 6.45) is 1.64. The zero-order chi connectivity index (χ0) is 25.3. The number of nitro groups is 2. The zero-order valence-corrected chi connectivity index (χ0v) is 19.7. The van der Waals surface area contributed by atoms with Crippen LogP contribution in [-0.2, 0) is 10.0 Å². The number of nitro benzene ring substituents is 2. The van der Waals surface area contributed by atoms with Gasteiger partial charge in [-0.05, 0) is 55.3 Å². The minimum absolute atomic E-state index is 0.0227. The number of hydrogen-bond donors (Lipinski definition) is 0. The van der Waals surface area contributed by atoms with Crippen molar-refractivity contribution in [3.05, 3.63) is 97.6 Å². The maximum Gasteiger partial charge on any atom is 0.285 e.